The molecule has 1 N–H and O–H groups in total. The van der Waals surface area contributed by atoms with Crippen molar-refractivity contribution in [2.75, 3.05) is 38.2 Å². The van der Waals surface area contributed by atoms with E-state index in [1.165, 1.54) is 0 Å². The van der Waals surface area contributed by atoms with Crippen LogP contribution in [0.4, 0.5) is 5.69 Å². The number of carbonyl (C=O) groups excluding carboxylic acids is 1. The van der Waals surface area contributed by atoms with E-state index >= 15 is 0 Å². The third kappa shape index (κ3) is 4.84. The molecule has 1 fully saturated rings. The SMILES string of the molecule is CCCOc1ccccc1C(=O)Nc1ccccc1CN1CCOCC1. The third-order valence-corrected chi connectivity index (χ3v) is 4.36. The number of nitrogens with one attached hydrogen (secondary N) is 1. The van der Waals surface area contributed by atoms with Gasteiger partial charge in [-0.25, -0.2) is 0 Å². The number of amides is 1. The van der Waals surface area contributed by atoms with Gasteiger partial charge in [0.2, 0.25) is 0 Å². The molecule has 3 rings (SSSR count). The van der Waals surface area contributed by atoms with Gasteiger partial charge in [-0.1, -0.05) is 37.3 Å². The zero-order valence-corrected chi connectivity index (χ0v) is 15.2. The first kappa shape index (κ1) is 18.4. The fourth-order valence-electron chi connectivity index (χ4n) is 2.96. The number of para-hydroxylation sites is 2. The van der Waals surface area contributed by atoms with Gasteiger partial charge < -0.3 is 14.8 Å². The molecule has 2 aromatic carbocycles. The lowest BCUT2D eigenvalue weighted by atomic mass is 10.1. The molecule has 0 atom stereocenters. The number of carbonyl (C=O) groups is 1. The van der Waals surface area contributed by atoms with E-state index < -0.39 is 0 Å². The fraction of sp³-hybridized carbons (Fsp3) is 0.381. The molecule has 0 bridgehead atoms. The summed E-state index contributed by atoms with van der Waals surface area (Å²) in [5.74, 6) is 0.476. The van der Waals surface area contributed by atoms with E-state index in [2.05, 4.69) is 16.3 Å². The molecule has 1 aliphatic rings. The molecule has 138 valence electrons. The Morgan fingerprint density at radius 1 is 1.12 bits per heavy atom. The lowest BCUT2D eigenvalue weighted by molar-refractivity contribution is 0.0342. The second-order valence-electron chi connectivity index (χ2n) is 6.34. The fourth-order valence-corrected chi connectivity index (χ4v) is 2.96. The van der Waals surface area contributed by atoms with Crippen LogP contribution in [0.1, 0.15) is 29.3 Å². The summed E-state index contributed by atoms with van der Waals surface area (Å²) in [6.45, 7) is 6.79. The maximum Gasteiger partial charge on any atom is 0.259 e. The van der Waals surface area contributed by atoms with Crippen molar-refractivity contribution in [2.24, 2.45) is 0 Å². The van der Waals surface area contributed by atoms with Crippen LogP contribution in [0, 0.1) is 0 Å². The van der Waals surface area contributed by atoms with Crippen molar-refractivity contribution in [3.63, 3.8) is 0 Å². The predicted molar refractivity (Wildman–Crippen MR) is 103 cm³/mol. The van der Waals surface area contributed by atoms with Crippen molar-refractivity contribution in [3.8, 4) is 5.75 Å². The Bertz CT molecular complexity index is 727. The van der Waals surface area contributed by atoms with Gasteiger partial charge >= 0.3 is 0 Å². The van der Waals surface area contributed by atoms with E-state index in [0.717, 1.165) is 50.5 Å². The lowest BCUT2D eigenvalue weighted by Gasteiger charge is -2.27. The highest BCUT2D eigenvalue weighted by Crippen LogP contribution is 2.22. The number of hydrogen-bond acceptors (Lipinski definition) is 4. The Kier molecular flexibility index (Phi) is 6.63. The Labute approximate surface area is 154 Å². The van der Waals surface area contributed by atoms with Gasteiger partial charge in [-0.2, -0.15) is 0 Å². The summed E-state index contributed by atoms with van der Waals surface area (Å²) in [4.78, 5) is 15.2. The van der Waals surface area contributed by atoms with E-state index in [9.17, 15) is 4.79 Å². The highest BCUT2D eigenvalue weighted by atomic mass is 16.5. The third-order valence-electron chi connectivity index (χ3n) is 4.36. The number of anilines is 1. The number of hydrogen-bond donors (Lipinski definition) is 1. The Morgan fingerprint density at radius 3 is 2.65 bits per heavy atom. The topological polar surface area (TPSA) is 50.8 Å². The number of morpholine rings is 1. The summed E-state index contributed by atoms with van der Waals surface area (Å²) in [5, 5.41) is 3.06. The maximum atomic E-state index is 12.8. The standard InChI is InChI=1S/C21H26N2O3/c1-2-13-26-20-10-6-4-8-18(20)21(24)22-19-9-5-3-7-17(19)16-23-11-14-25-15-12-23/h3-10H,2,11-16H2,1H3,(H,22,24). The number of ether oxygens (including phenoxy) is 2. The molecule has 0 saturated carbocycles. The number of benzene rings is 2. The minimum absolute atomic E-state index is 0.147. The van der Waals surface area contributed by atoms with Crippen LogP contribution >= 0.6 is 0 Å². The van der Waals surface area contributed by atoms with Crippen LogP contribution in [0.3, 0.4) is 0 Å². The first-order chi connectivity index (χ1) is 12.8. The van der Waals surface area contributed by atoms with E-state index in [1.807, 2.05) is 43.3 Å². The van der Waals surface area contributed by atoms with Gasteiger partial charge in [0.15, 0.2) is 0 Å². The van der Waals surface area contributed by atoms with E-state index in [-0.39, 0.29) is 5.91 Å². The van der Waals surface area contributed by atoms with Gasteiger partial charge in [-0.15, -0.1) is 0 Å². The second-order valence-corrected chi connectivity index (χ2v) is 6.34. The lowest BCUT2D eigenvalue weighted by Crippen LogP contribution is -2.35. The summed E-state index contributed by atoms with van der Waals surface area (Å²) in [7, 11) is 0. The van der Waals surface area contributed by atoms with E-state index in [1.54, 1.807) is 6.07 Å². The zero-order valence-electron chi connectivity index (χ0n) is 15.2. The van der Waals surface area contributed by atoms with Crippen molar-refractivity contribution in [3.05, 3.63) is 59.7 Å². The Hall–Kier alpha value is -2.37. The molecular weight excluding hydrogens is 328 g/mol. The summed E-state index contributed by atoms with van der Waals surface area (Å²) in [6.07, 6.45) is 0.901. The molecule has 26 heavy (non-hydrogen) atoms. The van der Waals surface area contributed by atoms with Crippen LogP contribution < -0.4 is 10.1 Å². The smallest absolute Gasteiger partial charge is 0.259 e. The van der Waals surface area contributed by atoms with Crippen LogP contribution in [0.5, 0.6) is 5.75 Å². The minimum Gasteiger partial charge on any atom is -0.493 e. The summed E-state index contributed by atoms with van der Waals surface area (Å²) >= 11 is 0. The van der Waals surface area contributed by atoms with E-state index in [4.69, 9.17) is 9.47 Å². The molecule has 0 radical (unpaired) electrons. The van der Waals surface area contributed by atoms with Crippen LogP contribution in [0.25, 0.3) is 0 Å². The van der Waals surface area contributed by atoms with Crippen molar-refractivity contribution in [2.45, 2.75) is 19.9 Å². The van der Waals surface area contributed by atoms with Crippen molar-refractivity contribution in [1.29, 1.82) is 0 Å². The first-order valence-electron chi connectivity index (χ1n) is 9.19. The molecule has 5 heteroatoms. The molecule has 0 aliphatic carbocycles. The second kappa shape index (κ2) is 9.36. The van der Waals surface area contributed by atoms with Gasteiger partial charge in [-0.05, 0) is 30.2 Å². The molecule has 5 nitrogen and oxygen atoms in total. The Morgan fingerprint density at radius 2 is 1.85 bits per heavy atom. The zero-order chi connectivity index (χ0) is 18.2. The molecule has 0 unspecified atom stereocenters. The van der Waals surface area contributed by atoms with Gasteiger partial charge in [0.05, 0.1) is 25.4 Å². The highest BCUT2D eigenvalue weighted by molar-refractivity contribution is 6.06. The molecule has 1 aliphatic heterocycles. The Balaban J connectivity index is 1.73. The molecule has 1 saturated heterocycles. The number of rotatable bonds is 7. The molecule has 0 aromatic heterocycles. The van der Waals surface area contributed by atoms with Crippen LogP contribution in [0.15, 0.2) is 48.5 Å². The molecule has 0 spiro atoms. The van der Waals surface area contributed by atoms with Gasteiger partial charge in [0, 0.05) is 25.3 Å². The normalized spacial score (nSPS) is 14.8. The maximum absolute atomic E-state index is 12.8. The van der Waals surface area contributed by atoms with Gasteiger partial charge in [0.25, 0.3) is 5.91 Å². The average Bonchev–Trinajstić information content (AvgIpc) is 2.69. The molecular formula is C21H26N2O3. The van der Waals surface area contributed by atoms with Crippen LogP contribution in [0.2, 0.25) is 0 Å². The van der Waals surface area contributed by atoms with Crippen molar-refractivity contribution >= 4 is 11.6 Å². The molecule has 1 amide bonds. The van der Waals surface area contributed by atoms with Gasteiger partial charge in [0.1, 0.15) is 5.75 Å². The average molecular weight is 354 g/mol. The first-order valence-corrected chi connectivity index (χ1v) is 9.19. The molecule has 2 aromatic rings. The quantitative estimate of drug-likeness (QED) is 0.826. The molecule has 1 heterocycles. The summed E-state index contributed by atoms with van der Waals surface area (Å²) in [5.41, 5.74) is 2.51. The minimum atomic E-state index is -0.147. The summed E-state index contributed by atoms with van der Waals surface area (Å²) < 4.78 is 11.1. The predicted octanol–water partition coefficient (Wildman–Crippen LogP) is 3.56. The number of nitrogens with zero attached hydrogens (tertiary/aromatic N) is 1. The van der Waals surface area contributed by atoms with Crippen LogP contribution in [-0.2, 0) is 11.3 Å². The highest BCUT2D eigenvalue weighted by Gasteiger charge is 2.16. The van der Waals surface area contributed by atoms with Crippen molar-refractivity contribution in [1.82, 2.24) is 4.90 Å². The van der Waals surface area contributed by atoms with Gasteiger partial charge in [-0.3, -0.25) is 9.69 Å². The monoisotopic (exact) mass is 354 g/mol. The van der Waals surface area contributed by atoms with Crippen LogP contribution in [-0.4, -0.2) is 43.7 Å². The largest absolute Gasteiger partial charge is 0.493 e. The summed E-state index contributed by atoms with van der Waals surface area (Å²) in [6, 6.07) is 15.3. The van der Waals surface area contributed by atoms with E-state index in [0.29, 0.717) is 17.9 Å². The van der Waals surface area contributed by atoms with Crippen molar-refractivity contribution < 1.29 is 14.3 Å².